The number of rotatable bonds is 4. The van der Waals surface area contributed by atoms with Gasteiger partial charge in [-0.25, -0.2) is 4.98 Å². The van der Waals surface area contributed by atoms with E-state index in [9.17, 15) is 4.79 Å². The predicted molar refractivity (Wildman–Crippen MR) is 82.7 cm³/mol. The molecule has 102 valence electrons. The van der Waals surface area contributed by atoms with E-state index in [1.54, 1.807) is 11.3 Å². The lowest BCUT2D eigenvalue weighted by atomic mass is 10.2. The van der Waals surface area contributed by atoms with E-state index in [0.29, 0.717) is 6.54 Å². The number of para-hydroxylation sites is 1. The Bertz CT molecular complexity index is 688. The summed E-state index contributed by atoms with van der Waals surface area (Å²) in [6, 6.07) is 11.1. The molecule has 2 aromatic heterocycles. The minimum Gasteiger partial charge on any atom is -0.348 e. The van der Waals surface area contributed by atoms with Gasteiger partial charge in [0, 0.05) is 4.88 Å². The smallest absolute Gasteiger partial charge is 0.242 e. The third kappa shape index (κ3) is 2.72. The van der Waals surface area contributed by atoms with Gasteiger partial charge in [0.05, 0.1) is 16.8 Å². The van der Waals surface area contributed by atoms with E-state index in [2.05, 4.69) is 10.3 Å². The molecule has 0 saturated heterocycles. The molecule has 1 amide bonds. The molecule has 0 spiro atoms. The number of amides is 1. The summed E-state index contributed by atoms with van der Waals surface area (Å²) in [4.78, 5) is 17.3. The predicted octanol–water partition coefficient (Wildman–Crippen LogP) is 2.67. The number of aromatic nitrogens is 1. The molecule has 1 aromatic carbocycles. The number of benzene rings is 1. The van der Waals surface area contributed by atoms with Crippen molar-refractivity contribution in [2.75, 3.05) is 0 Å². The van der Waals surface area contributed by atoms with E-state index in [1.165, 1.54) is 11.3 Å². The van der Waals surface area contributed by atoms with Crippen molar-refractivity contribution < 1.29 is 4.79 Å². The highest BCUT2D eigenvalue weighted by atomic mass is 32.1. The molecule has 6 heteroatoms. The maximum absolute atomic E-state index is 12.0. The van der Waals surface area contributed by atoms with Crippen molar-refractivity contribution in [1.29, 1.82) is 0 Å². The number of carbonyl (C=O) groups is 1. The van der Waals surface area contributed by atoms with Gasteiger partial charge in [0.25, 0.3) is 0 Å². The SMILES string of the molecule is NC(C(=O)NCc1nc2ccccc2s1)c1cccs1. The van der Waals surface area contributed by atoms with Gasteiger partial charge in [0.1, 0.15) is 11.0 Å². The Morgan fingerprint density at radius 2 is 2.15 bits per heavy atom. The Balaban J connectivity index is 1.65. The fraction of sp³-hybridized carbons (Fsp3) is 0.143. The number of thiophene rings is 1. The summed E-state index contributed by atoms with van der Waals surface area (Å²) in [6.07, 6.45) is 0. The second-order valence-corrected chi connectivity index (χ2v) is 6.38. The van der Waals surface area contributed by atoms with Crippen LogP contribution in [0.3, 0.4) is 0 Å². The van der Waals surface area contributed by atoms with E-state index in [-0.39, 0.29) is 5.91 Å². The van der Waals surface area contributed by atoms with Crippen molar-refractivity contribution in [3.63, 3.8) is 0 Å². The summed E-state index contributed by atoms with van der Waals surface area (Å²) >= 11 is 3.07. The van der Waals surface area contributed by atoms with E-state index < -0.39 is 6.04 Å². The Hall–Kier alpha value is -1.76. The molecular formula is C14H13N3OS2. The zero-order chi connectivity index (χ0) is 13.9. The largest absolute Gasteiger partial charge is 0.348 e. The van der Waals surface area contributed by atoms with Gasteiger partial charge in [-0.3, -0.25) is 4.79 Å². The minimum absolute atomic E-state index is 0.174. The molecule has 0 radical (unpaired) electrons. The average Bonchev–Trinajstić information content (AvgIpc) is 3.12. The minimum atomic E-state index is -0.607. The van der Waals surface area contributed by atoms with Crippen LogP contribution in [-0.4, -0.2) is 10.9 Å². The molecule has 0 aliphatic carbocycles. The lowest BCUT2D eigenvalue weighted by Crippen LogP contribution is -2.33. The van der Waals surface area contributed by atoms with E-state index in [0.717, 1.165) is 20.1 Å². The molecule has 0 saturated carbocycles. The van der Waals surface area contributed by atoms with Crippen LogP contribution in [-0.2, 0) is 11.3 Å². The van der Waals surface area contributed by atoms with Crippen LogP contribution in [0, 0.1) is 0 Å². The summed E-state index contributed by atoms with van der Waals surface area (Å²) < 4.78 is 1.12. The first kappa shape index (κ1) is 13.2. The Labute approximate surface area is 124 Å². The standard InChI is InChI=1S/C14H13N3OS2/c15-13(11-6-3-7-19-11)14(18)16-8-12-17-9-4-1-2-5-10(9)20-12/h1-7,13H,8,15H2,(H,16,18). The van der Waals surface area contributed by atoms with Gasteiger partial charge in [0.2, 0.25) is 5.91 Å². The molecule has 0 fully saturated rings. The first-order valence-electron chi connectivity index (χ1n) is 6.15. The van der Waals surface area contributed by atoms with Gasteiger partial charge in [-0.1, -0.05) is 18.2 Å². The topological polar surface area (TPSA) is 68.0 Å². The lowest BCUT2D eigenvalue weighted by Gasteiger charge is -2.09. The van der Waals surface area contributed by atoms with Crippen LogP contribution in [0.4, 0.5) is 0 Å². The Kier molecular flexibility index (Phi) is 3.77. The van der Waals surface area contributed by atoms with Gasteiger partial charge in [-0.2, -0.15) is 0 Å². The van der Waals surface area contributed by atoms with Crippen LogP contribution in [0.5, 0.6) is 0 Å². The Morgan fingerprint density at radius 3 is 2.90 bits per heavy atom. The number of nitrogens with one attached hydrogen (secondary N) is 1. The van der Waals surface area contributed by atoms with Crippen molar-refractivity contribution in [3.8, 4) is 0 Å². The number of nitrogens with two attached hydrogens (primary N) is 1. The average molecular weight is 303 g/mol. The number of hydrogen-bond donors (Lipinski definition) is 2. The van der Waals surface area contributed by atoms with Crippen LogP contribution < -0.4 is 11.1 Å². The number of nitrogens with zero attached hydrogens (tertiary/aromatic N) is 1. The summed E-state index contributed by atoms with van der Waals surface area (Å²) in [5, 5.41) is 5.64. The van der Waals surface area contributed by atoms with Gasteiger partial charge in [0.15, 0.2) is 0 Å². The number of hydrogen-bond acceptors (Lipinski definition) is 5. The van der Waals surface area contributed by atoms with E-state index >= 15 is 0 Å². The summed E-state index contributed by atoms with van der Waals surface area (Å²) in [7, 11) is 0. The first-order chi connectivity index (χ1) is 9.74. The van der Waals surface area contributed by atoms with Crippen LogP contribution in [0.25, 0.3) is 10.2 Å². The van der Waals surface area contributed by atoms with Gasteiger partial charge >= 0.3 is 0 Å². The van der Waals surface area contributed by atoms with Crippen molar-refractivity contribution in [1.82, 2.24) is 10.3 Å². The third-order valence-corrected chi connectivity index (χ3v) is 4.88. The quantitative estimate of drug-likeness (QED) is 0.778. The van der Waals surface area contributed by atoms with Crippen LogP contribution >= 0.6 is 22.7 Å². The van der Waals surface area contributed by atoms with Crippen LogP contribution in [0.1, 0.15) is 15.9 Å². The second-order valence-electron chi connectivity index (χ2n) is 4.29. The van der Waals surface area contributed by atoms with E-state index in [4.69, 9.17) is 5.73 Å². The number of carbonyl (C=O) groups excluding carboxylic acids is 1. The molecule has 20 heavy (non-hydrogen) atoms. The highest BCUT2D eigenvalue weighted by Gasteiger charge is 2.16. The molecule has 3 aromatic rings. The van der Waals surface area contributed by atoms with Crippen molar-refractivity contribution >= 4 is 38.8 Å². The second kappa shape index (κ2) is 5.70. The van der Waals surface area contributed by atoms with Crippen molar-refractivity contribution in [3.05, 3.63) is 51.7 Å². The highest BCUT2D eigenvalue weighted by molar-refractivity contribution is 7.18. The maximum Gasteiger partial charge on any atom is 0.242 e. The summed E-state index contributed by atoms with van der Waals surface area (Å²) in [5.41, 5.74) is 6.87. The summed E-state index contributed by atoms with van der Waals surface area (Å²) in [6.45, 7) is 0.414. The molecule has 1 unspecified atom stereocenters. The van der Waals surface area contributed by atoms with Crippen LogP contribution in [0.2, 0.25) is 0 Å². The molecule has 3 N–H and O–H groups in total. The zero-order valence-electron chi connectivity index (χ0n) is 10.6. The monoisotopic (exact) mass is 303 g/mol. The molecule has 0 aliphatic rings. The van der Waals surface area contributed by atoms with Gasteiger partial charge < -0.3 is 11.1 Å². The molecule has 0 bridgehead atoms. The number of thiazole rings is 1. The van der Waals surface area contributed by atoms with Crippen molar-refractivity contribution in [2.24, 2.45) is 5.73 Å². The van der Waals surface area contributed by atoms with Gasteiger partial charge in [-0.05, 0) is 23.6 Å². The lowest BCUT2D eigenvalue weighted by molar-refractivity contribution is -0.122. The Morgan fingerprint density at radius 1 is 1.30 bits per heavy atom. The normalized spacial score (nSPS) is 12.4. The number of fused-ring (bicyclic) bond motifs is 1. The first-order valence-corrected chi connectivity index (χ1v) is 7.85. The van der Waals surface area contributed by atoms with Crippen molar-refractivity contribution in [2.45, 2.75) is 12.6 Å². The fourth-order valence-corrected chi connectivity index (χ4v) is 3.50. The summed E-state index contributed by atoms with van der Waals surface area (Å²) in [5.74, 6) is -0.174. The highest BCUT2D eigenvalue weighted by Crippen LogP contribution is 2.21. The molecule has 0 aliphatic heterocycles. The molecular weight excluding hydrogens is 290 g/mol. The fourth-order valence-electron chi connectivity index (χ4n) is 1.87. The third-order valence-electron chi connectivity index (χ3n) is 2.88. The van der Waals surface area contributed by atoms with Crippen LogP contribution in [0.15, 0.2) is 41.8 Å². The molecule has 3 rings (SSSR count). The van der Waals surface area contributed by atoms with Gasteiger partial charge in [-0.15, -0.1) is 22.7 Å². The van der Waals surface area contributed by atoms with E-state index in [1.807, 2.05) is 41.8 Å². The molecule has 2 heterocycles. The molecule has 4 nitrogen and oxygen atoms in total. The molecule has 1 atom stereocenters. The maximum atomic E-state index is 12.0. The zero-order valence-corrected chi connectivity index (χ0v) is 12.2.